The Labute approximate surface area is 128 Å². The molecular weight excluding hydrogens is 264 g/mol. The summed E-state index contributed by atoms with van der Waals surface area (Å²) in [6.07, 6.45) is 3.01. The fraction of sp³-hybridized carbons (Fsp3) is 0.812. The molecule has 1 aliphatic rings. The summed E-state index contributed by atoms with van der Waals surface area (Å²) in [5.41, 5.74) is 1.36. The Morgan fingerprint density at radius 3 is 2.62 bits per heavy atom. The number of rotatable bonds is 7. The fourth-order valence-corrected chi connectivity index (χ4v) is 3.38. The first kappa shape index (κ1) is 16.5. The molecule has 1 saturated heterocycles. The Kier molecular flexibility index (Phi) is 5.79. The van der Waals surface area contributed by atoms with Gasteiger partial charge in [-0.3, -0.25) is 9.58 Å². The van der Waals surface area contributed by atoms with Crippen LogP contribution >= 0.6 is 0 Å². The summed E-state index contributed by atoms with van der Waals surface area (Å²) in [7, 11) is 0. The molecule has 0 bridgehead atoms. The number of nitrogens with one attached hydrogen (secondary N) is 1. The first-order chi connectivity index (χ1) is 10.2. The Morgan fingerprint density at radius 1 is 1.33 bits per heavy atom. The lowest BCUT2D eigenvalue weighted by Gasteiger charge is -2.48. The van der Waals surface area contributed by atoms with E-state index in [4.69, 9.17) is 4.74 Å². The molecule has 1 aliphatic heterocycles. The van der Waals surface area contributed by atoms with Gasteiger partial charge in [0.15, 0.2) is 0 Å². The number of nitrogens with zero attached hydrogens (tertiary/aromatic N) is 3. The lowest BCUT2D eigenvalue weighted by molar-refractivity contribution is -0.0338. The van der Waals surface area contributed by atoms with Crippen molar-refractivity contribution in [3.63, 3.8) is 0 Å². The van der Waals surface area contributed by atoms with Gasteiger partial charge in [0.05, 0.1) is 24.9 Å². The van der Waals surface area contributed by atoms with Gasteiger partial charge in [0, 0.05) is 31.4 Å². The number of likely N-dealkylation sites (N-methyl/N-ethyl adjacent to an activating group) is 1. The van der Waals surface area contributed by atoms with Gasteiger partial charge in [-0.05, 0) is 32.9 Å². The molecule has 1 aromatic heterocycles. The van der Waals surface area contributed by atoms with Crippen LogP contribution in [0.3, 0.4) is 0 Å². The monoisotopic (exact) mass is 294 g/mol. The van der Waals surface area contributed by atoms with Crippen molar-refractivity contribution < 1.29 is 4.74 Å². The predicted molar refractivity (Wildman–Crippen MR) is 85.4 cm³/mol. The van der Waals surface area contributed by atoms with Crippen molar-refractivity contribution in [2.45, 2.75) is 52.2 Å². The smallest absolute Gasteiger partial charge is 0.0676 e. The van der Waals surface area contributed by atoms with E-state index in [0.717, 1.165) is 45.8 Å². The Bertz CT molecular complexity index is 428. The minimum absolute atomic E-state index is 0.0761. The Hall–Kier alpha value is -0.910. The van der Waals surface area contributed by atoms with Crippen LogP contribution in [-0.2, 0) is 11.3 Å². The second-order valence-electron chi connectivity index (χ2n) is 5.87. The van der Waals surface area contributed by atoms with Crippen LogP contribution in [0.25, 0.3) is 0 Å². The van der Waals surface area contributed by atoms with Crippen LogP contribution in [0, 0.1) is 0 Å². The third kappa shape index (κ3) is 3.30. The third-order valence-corrected chi connectivity index (χ3v) is 4.82. The molecule has 21 heavy (non-hydrogen) atoms. The van der Waals surface area contributed by atoms with E-state index in [1.165, 1.54) is 5.69 Å². The van der Waals surface area contributed by atoms with Crippen LogP contribution in [0.2, 0.25) is 0 Å². The number of aryl methyl sites for hydroxylation is 1. The fourth-order valence-electron chi connectivity index (χ4n) is 3.38. The van der Waals surface area contributed by atoms with Gasteiger partial charge in [0.25, 0.3) is 0 Å². The quantitative estimate of drug-likeness (QED) is 0.836. The molecule has 120 valence electrons. The maximum absolute atomic E-state index is 5.54. The number of hydrogen-bond acceptors (Lipinski definition) is 4. The second-order valence-corrected chi connectivity index (χ2v) is 5.87. The van der Waals surface area contributed by atoms with Gasteiger partial charge in [0.2, 0.25) is 0 Å². The van der Waals surface area contributed by atoms with Crippen LogP contribution in [0.5, 0.6) is 0 Å². The van der Waals surface area contributed by atoms with Gasteiger partial charge in [0.1, 0.15) is 0 Å². The van der Waals surface area contributed by atoms with Gasteiger partial charge < -0.3 is 10.1 Å². The summed E-state index contributed by atoms with van der Waals surface area (Å²) in [5.74, 6) is 0. The maximum Gasteiger partial charge on any atom is 0.0676 e. The van der Waals surface area contributed by atoms with Crippen molar-refractivity contribution in [1.29, 1.82) is 0 Å². The Balaban J connectivity index is 2.33. The van der Waals surface area contributed by atoms with E-state index in [9.17, 15) is 0 Å². The normalized spacial score (nSPS) is 21.1. The zero-order valence-corrected chi connectivity index (χ0v) is 13.9. The van der Waals surface area contributed by atoms with Crippen molar-refractivity contribution in [1.82, 2.24) is 20.0 Å². The van der Waals surface area contributed by atoms with E-state index in [-0.39, 0.29) is 11.6 Å². The van der Waals surface area contributed by atoms with E-state index in [1.54, 1.807) is 0 Å². The standard InChI is InChI=1S/C16H30N4O/c1-5-16(4,19-10-12-21-13-11-19)15(17-6-2)14-8-9-18-20(14)7-3/h8-9,15,17H,5-7,10-13H2,1-4H3. The summed E-state index contributed by atoms with van der Waals surface area (Å²) < 4.78 is 7.65. The molecule has 0 aromatic carbocycles. The van der Waals surface area contributed by atoms with E-state index in [2.05, 4.69) is 53.8 Å². The highest BCUT2D eigenvalue weighted by atomic mass is 16.5. The number of ether oxygens (including phenoxy) is 1. The molecule has 0 radical (unpaired) electrons. The van der Waals surface area contributed by atoms with Crippen molar-refractivity contribution in [3.05, 3.63) is 18.0 Å². The molecule has 2 atom stereocenters. The summed E-state index contributed by atoms with van der Waals surface area (Å²) in [5, 5.41) is 8.17. The average Bonchev–Trinajstić information content (AvgIpc) is 3.01. The van der Waals surface area contributed by atoms with E-state index < -0.39 is 0 Å². The van der Waals surface area contributed by atoms with Crippen LogP contribution < -0.4 is 5.32 Å². The zero-order chi connectivity index (χ0) is 15.3. The van der Waals surface area contributed by atoms with E-state index >= 15 is 0 Å². The number of aromatic nitrogens is 2. The third-order valence-electron chi connectivity index (χ3n) is 4.82. The topological polar surface area (TPSA) is 42.3 Å². The molecule has 0 spiro atoms. The second kappa shape index (κ2) is 7.38. The van der Waals surface area contributed by atoms with Gasteiger partial charge >= 0.3 is 0 Å². The molecular formula is C16H30N4O. The summed E-state index contributed by atoms with van der Waals surface area (Å²) in [6.45, 7) is 14.5. The predicted octanol–water partition coefficient (Wildman–Crippen LogP) is 2.05. The Morgan fingerprint density at radius 2 is 2.05 bits per heavy atom. The van der Waals surface area contributed by atoms with Gasteiger partial charge in [-0.15, -0.1) is 0 Å². The van der Waals surface area contributed by atoms with E-state index in [1.807, 2.05) is 6.20 Å². The molecule has 2 heterocycles. The van der Waals surface area contributed by atoms with Crippen molar-refractivity contribution in [2.75, 3.05) is 32.8 Å². The minimum Gasteiger partial charge on any atom is -0.379 e. The van der Waals surface area contributed by atoms with Gasteiger partial charge in [-0.1, -0.05) is 13.8 Å². The molecule has 2 unspecified atom stereocenters. The lowest BCUT2D eigenvalue weighted by atomic mass is 9.84. The summed E-state index contributed by atoms with van der Waals surface area (Å²) >= 11 is 0. The first-order valence-corrected chi connectivity index (χ1v) is 8.25. The summed E-state index contributed by atoms with van der Waals surface area (Å²) in [4.78, 5) is 2.58. The number of hydrogen-bond donors (Lipinski definition) is 1. The molecule has 1 N–H and O–H groups in total. The maximum atomic E-state index is 5.54. The number of morpholine rings is 1. The summed E-state index contributed by atoms with van der Waals surface area (Å²) in [6, 6.07) is 2.44. The molecule has 0 saturated carbocycles. The minimum atomic E-state index is 0.0761. The average molecular weight is 294 g/mol. The van der Waals surface area contributed by atoms with Crippen molar-refractivity contribution >= 4 is 0 Å². The van der Waals surface area contributed by atoms with Crippen LogP contribution in [0.1, 0.15) is 45.9 Å². The zero-order valence-electron chi connectivity index (χ0n) is 13.9. The molecule has 5 nitrogen and oxygen atoms in total. The van der Waals surface area contributed by atoms with Crippen molar-refractivity contribution in [3.8, 4) is 0 Å². The molecule has 1 fully saturated rings. The lowest BCUT2D eigenvalue weighted by Crippen LogP contribution is -2.58. The van der Waals surface area contributed by atoms with Gasteiger partial charge in [-0.25, -0.2) is 0 Å². The van der Waals surface area contributed by atoms with Gasteiger partial charge in [-0.2, -0.15) is 5.10 Å². The van der Waals surface area contributed by atoms with Crippen LogP contribution in [0.4, 0.5) is 0 Å². The highest BCUT2D eigenvalue weighted by Gasteiger charge is 2.40. The SMILES string of the molecule is CCNC(c1ccnn1CC)C(C)(CC)N1CCOCC1. The molecule has 1 aromatic rings. The first-order valence-electron chi connectivity index (χ1n) is 8.25. The molecule has 5 heteroatoms. The van der Waals surface area contributed by atoms with Crippen LogP contribution in [-0.4, -0.2) is 53.1 Å². The highest BCUT2D eigenvalue weighted by Crippen LogP contribution is 2.34. The molecule has 2 rings (SSSR count). The molecule has 0 amide bonds. The van der Waals surface area contributed by atoms with E-state index in [0.29, 0.717) is 0 Å². The molecule has 0 aliphatic carbocycles. The van der Waals surface area contributed by atoms with Crippen LogP contribution in [0.15, 0.2) is 12.3 Å². The highest BCUT2D eigenvalue weighted by molar-refractivity contribution is 5.15. The van der Waals surface area contributed by atoms with Crippen molar-refractivity contribution in [2.24, 2.45) is 0 Å². The largest absolute Gasteiger partial charge is 0.379 e.